The van der Waals surface area contributed by atoms with Gasteiger partial charge in [0.15, 0.2) is 17.5 Å². The molecular formula is C25H25F7O2. The first-order valence-electron chi connectivity index (χ1n) is 11.4. The summed E-state index contributed by atoms with van der Waals surface area (Å²) >= 11 is 0. The van der Waals surface area contributed by atoms with Gasteiger partial charge in [-0.15, -0.1) is 0 Å². The molecule has 186 valence electrons. The van der Waals surface area contributed by atoms with E-state index in [1.165, 1.54) is 0 Å². The van der Waals surface area contributed by atoms with Crippen molar-refractivity contribution in [2.24, 2.45) is 11.8 Å². The van der Waals surface area contributed by atoms with E-state index in [0.717, 1.165) is 50.7 Å². The maximum Gasteiger partial charge on any atom is 0.432 e. The topological polar surface area (TPSA) is 29.5 Å². The molecule has 0 spiro atoms. The van der Waals surface area contributed by atoms with Gasteiger partial charge in [-0.1, -0.05) is 0 Å². The van der Waals surface area contributed by atoms with Gasteiger partial charge in [0.2, 0.25) is 0 Å². The van der Waals surface area contributed by atoms with Gasteiger partial charge in [0, 0.05) is 12.1 Å². The molecule has 1 N–H and O–H groups in total. The van der Waals surface area contributed by atoms with E-state index in [4.69, 9.17) is 0 Å². The first-order chi connectivity index (χ1) is 16.0. The molecule has 0 radical (unpaired) electrons. The molecule has 0 unspecified atom stereocenters. The van der Waals surface area contributed by atoms with Crippen LogP contribution in [-0.2, 0) is 6.11 Å². The van der Waals surface area contributed by atoms with Crippen molar-refractivity contribution in [1.82, 2.24) is 0 Å². The summed E-state index contributed by atoms with van der Waals surface area (Å²) in [5, 5.41) is 9.68. The van der Waals surface area contributed by atoms with Gasteiger partial charge < -0.3 is 9.84 Å². The summed E-state index contributed by atoms with van der Waals surface area (Å²) < 4.78 is 102. The lowest BCUT2D eigenvalue weighted by molar-refractivity contribution is -0.189. The van der Waals surface area contributed by atoms with Crippen molar-refractivity contribution in [3.8, 4) is 5.75 Å². The molecule has 2 saturated carbocycles. The predicted octanol–water partition coefficient (Wildman–Crippen LogP) is 7.34. The van der Waals surface area contributed by atoms with Crippen molar-refractivity contribution in [3.05, 3.63) is 64.5 Å². The Morgan fingerprint density at radius 3 is 1.65 bits per heavy atom. The molecule has 4 rings (SSSR count). The summed E-state index contributed by atoms with van der Waals surface area (Å²) in [4.78, 5) is 0. The molecule has 2 fully saturated rings. The van der Waals surface area contributed by atoms with Gasteiger partial charge in [-0.05, 0) is 86.8 Å². The molecule has 2 aromatic rings. The molecule has 9 heteroatoms. The minimum absolute atomic E-state index is 0.169. The predicted molar refractivity (Wildman–Crippen MR) is 110 cm³/mol. The van der Waals surface area contributed by atoms with Crippen LogP contribution in [0.15, 0.2) is 24.3 Å². The monoisotopic (exact) mass is 490 g/mol. The second-order valence-electron chi connectivity index (χ2n) is 9.36. The van der Waals surface area contributed by atoms with Crippen LogP contribution in [-0.4, -0.2) is 11.2 Å². The van der Waals surface area contributed by atoms with E-state index in [2.05, 4.69) is 4.74 Å². The van der Waals surface area contributed by atoms with E-state index >= 15 is 0 Å². The molecule has 34 heavy (non-hydrogen) atoms. The highest BCUT2D eigenvalue weighted by Crippen LogP contribution is 2.44. The van der Waals surface area contributed by atoms with E-state index in [1.807, 2.05) is 0 Å². The van der Waals surface area contributed by atoms with Crippen LogP contribution in [0.3, 0.4) is 0 Å². The normalized spacial score (nSPS) is 25.9. The van der Waals surface area contributed by atoms with Crippen LogP contribution >= 0.6 is 0 Å². The summed E-state index contributed by atoms with van der Waals surface area (Å²) in [6.45, 7) is 0. The summed E-state index contributed by atoms with van der Waals surface area (Å²) in [7, 11) is 0. The van der Waals surface area contributed by atoms with Crippen molar-refractivity contribution in [3.63, 3.8) is 0 Å². The molecule has 0 aromatic heterocycles. The molecule has 2 aromatic carbocycles. The summed E-state index contributed by atoms with van der Waals surface area (Å²) in [6.07, 6.45) is 1.73. The van der Waals surface area contributed by atoms with Gasteiger partial charge >= 0.3 is 6.11 Å². The smallest absolute Gasteiger partial charge is 0.429 e. The minimum Gasteiger partial charge on any atom is -0.429 e. The maximum absolute atomic E-state index is 14.7. The molecule has 2 nitrogen and oxygen atoms in total. The number of halogens is 7. The van der Waals surface area contributed by atoms with Crippen LogP contribution in [0.1, 0.15) is 68.4 Å². The Balaban J connectivity index is 1.47. The number of aliphatic hydroxyl groups excluding tert-OH is 1. The van der Waals surface area contributed by atoms with Crippen LogP contribution in [0.25, 0.3) is 0 Å². The van der Waals surface area contributed by atoms with Crippen LogP contribution < -0.4 is 4.74 Å². The number of benzene rings is 2. The number of aliphatic hydroxyl groups is 1. The Hall–Kier alpha value is -2.29. The van der Waals surface area contributed by atoms with Gasteiger partial charge in [0.05, 0.1) is 6.10 Å². The largest absolute Gasteiger partial charge is 0.432 e. The van der Waals surface area contributed by atoms with Gasteiger partial charge in [-0.2, -0.15) is 8.78 Å². The average Bonchev–Trinajstić information content (AvgIpc) is 2.77. The summed E-state index contributed by atoms with van der Waals surface area (Å²) in [5.74, 6) is -8.80. The number of ether oxygens (including phenoxy) is 1. The fourth-order valence-corrected chi connectivity index (χ4v) is 5.39. The van der Waals surface area contributed by atoms with Gasteiger partial charge in [0.1, 0.15) is 22.9 Å². The van der Waals surface area contributed by atoms with E-state index in [1.54, 1.807) is 0 Å². The van der Waals surface area contributed by atoms with Crippen molar-refractivity contribution in [2.45, 2.75) is 69.5 Å². The van der Waals surface area contributed by atoms with Crippen LogP contribution in [0.5, 0.6) is 5.75 Å². The van der Waals surface area contributed by atoms with E-state index in [9.17, 15) is 35.8 Å². The molecule has 0 bridgehead atoms. The second-order valence-corrected chi connectivity index (χ2v) is 9.36. The van der Waals surface area contributed by atoms with Crippen molar-refractivity contribution >= 4 is 0 Å². The van der Waals surface area contributed by atoms with Crippen molar-refractivity contribution in [2.75, 3.05) is 0 Å². The Morgan fingerprint density at radius 1 is 0.676 bits per heavy atom. The van der Waals surface area contributed by atoms with Gasteiger partial charge in [-0.25, -0.2) is 22.0 Å². The maximum atomic E-state index is 14.7. The molecule has 0 heterocycles. The first-order valence-corrected chi connectivity index (χ1v) is 11.4. The number of hydrogen-bond acceptors (Lipinski definition) is 2. The average molecular weight is 490 g/mol. The molecule has 0 aliphatic heterocycles. The molecular weight excluding hydrogens is 465 g/mol. The fourth-order valence-electron chi connectivity index (χ4n) is 5.39. The molecule has 0 amide bonds. The van der Waals surface area contributed by atoms with Gasteiger partial charge in [0.25, 0.3) is 0 Å². The van der Waals surface area contributed by atoms with Crippen molar-refractivity contribution < 1.29 is 40.6 Å². The molecule has 0 saturated heterocycles. The highest BCUT2D eigenvalue weighted by Gasteiger charge is 2.42. The SMILES string of the molecule is OC1CCC(C2CCC(c3cc(F)c(C(F)(F)Oc4cc(F)c(F)c(F)c4)c(F)c3)CC2)CC1. The lowest BCUT2D eigenvalue weighted by Gasteiger charge is -2.37. The van der Waals surface area contributed by atoms with Gasteiger partial charge in [-0.3, -0.25) is 0 Å². The third-order valence-corrected chi connectivity index (χ3v) is 7.21. The van der Waals surface area contributed by atoms with E-state index in [0.29, 0.717) is 24.7 Å². The lowest BCUT2D eigenvalue weighted by atomic mass is 9.69. The van der Waals surface area contributed by atoms with Crippen molar-refractivity contribution in [1.29, 1.82) is 0 Å². The Morgan fingerprint density at radius 2 is 1.15 bits per heavy atom. The second kappa shape index (κ2) is 9.76. The quantitative estimate of drug-likeness (QED) is 0.351. The zero-order chi connectivity index (χ0) is 24.6. The third-order valence-electron chi connectivity index (χ3n) is 7.21. The molecule has 0 atom stereocenters. The number of hydrogen-bond donors (Lipinski definition) is 1. The van der Waals surface area contributed by atoms with Crippen LogP contribution in [0.2, 0.25) is 0 Å². The number of alkyl halides is 2. The summed E-state index contributed by atoms with van der Waals surface area (Å²) in [5.41, 5.74) is -1.42. The zero-order valence-corrected chi connectivity index (χ0v) is 18.3. The summed E-state index contributed by atoms with van der Waals surface area (Å²) in [6, 6.07) is 2.04. The molecule has 2 aliphatic carbocycles. The minimum atomic E-state index is -4.59. The van der Waals surface area contributed by atoms with Crippen LogP contribution in [0, 0.1) is 40.9 Å². The zero-order valence-electron chi connectivity index (χ0n) is 18.3. The highest BCUT2D eigenvalue weighted by molar-refractivity contribution is 5.33. The Bertz CT molecular complexity index is 980. The number of rotatable bonds is 5. The third kappa shape index (κ3) is 5.19. The Kier molecular flexibility index (Phi) is 7.12. The lowest BCUT2D eigenvalue weighted by Crippen LogP contribution is -2.27. The van der Waals surface area contributed by atoms with Crippen LogP contribution in [0.4, 0.5) is 30.7 Å². The highest BCUT2D eigenvalue weighted by atomic mass is 19.3. The molecule has 2 aliphatic rings. The van der Waals surface area contributed by atoms with E-state index < -0.39 is 46.5 Å². The fraction of sp³-hybridized carbons (Fsp3) is 0.520. The standard InChI is InChI=1S/C25H25F7O2/c26-19-9-16(15-3-1-13(2-4-15)14-5-7-17(33)8-6-14)10-20(27)23(19)25(31,32)34-18-11-21(28)24(30)22(29)12-18/h9-15,17,33H,1-8H2. The first kappa shape index (κ1) is 24.8. The van der Waals surface area contributed by atoms with E-state index in [-0.39, 0.29) is 29.7 Å². The Labute approximate surface area is 192 Å².